The van der Waals surface area contributed by atoms with Crippen molar-refractivity contribution in [2.45, 2.75) is 25.8 Å². The summed E-state index contributed by atoms with van der Waals surface area (Å²) in [5.41, 5.74) is 1.56. The Morgan fingerprint density at radius 3 is 2.47 bits per heavy atom. The van der Waals surface area contributed by atoms with E-state index in [9.17, 15) is 4.79 Å². The second-order valence-electron chi connectivity index (χ2n) is 7.78. The molecule has 1 aliphatic heterocycles. The zero-order chi connectivity index (χ0) is 22.8. The summed E-state index contributed by atoms with van der Waals surface area (Å²) in [6, 6.07) is 13.0. The highest BCUT2D eigenvalue weighted by molar-refractivity contribution is 5.95. The summed E-state index contributed by atoms with van der Waals surface area (Å²) >= 11 is 0. The van der Waals surface area contributed by atoms with E-state index in [2.05, 4.69) is 17.1 Å². The maximum Gasteiger partial charge on any atom is 0.251 e. The molecule has 2 aromatic carbocycles. The molecule has 2 aromatic rings. The summed E-state index contributed by atoms with van der Waals surface area (Å²) in [7, 11) is 3.23. The van der Waals surface area contributed by atoms with E-state index in [1.165, 1.54) is 0 Å². The highest BCUT2D eigenvalue weighted by Crippen LogP contribution is 2.29. The standard InChI is InChI=1S/C25H34N2O5/c1-4-5-14-32-23-11-8-20(17-24(23)30-3)25(28)26-22(18-27-12-15-31-16-13-27)19-6-9-21(29-2)10-7-19/h6-11,17,22H,4-5,12-16,18H2,1-3H3,(H,26,28). The van der Waals surface area contributed by atoms with E-state index in [0.717, 1.165) is 37.2 Å². The Labute approximate surface area is 190 Å². The Bertz CT molecular complexity index is 850. The molecule has 174 valence electrons. The van der Waals surface area contributed by atoms with Crippen molar-refractivity contribution in [2.24, 2.45) is 0 Å². The third kappa shape index (κ3) is 6.61. The third-order valence-corrected chi connectivity index (χ3v) is 5.55. The van der Waals surface area contributed by atoms with Gasteiger partial charge in [0, 0.05) is 25.2 Å². The number of amides is 1. The van der Waals surface area contributed by atoms with Gasteiger partial charge in [-0.3, -0.25) is 9.69 Å². The van der Waals surface area contributed by atoms with Crippen molar-refractivity contribution in [3.63, 3.8) is 0 Å². The summed E-state index contributed by atoms with van der Waals surface area (Å²) < 4.78 is 22.0. The number of hydrogen-bond donors (Lipinski definition) is 1. The molecule has 1 aliphatic rings. The molecule has 32 heavy (non-hydrogen) atoms. The van der Waals surface area contributed by atoms with Crippen LogP contribution >= 0.6 is 0 Å². The number of nitrogens with one attached hydrogen (secondary N) is 1. The number of hydrogen-bond acceptors (Lipinski definition) is 6. The number of methoxy groups -OCH3 is 2. The summed E-state index contributed by atoms with van der Waals surface area (Å²) in [5.74, 6) is 1.84. The van der Waals surface area contributed by atoms with E-state index in [-0.39, 0.29) is 11.9 Å². The lowest BCUT2D eigenvalue weighted by Gasteiger charge is -2.31. The van der Waals surface area contributed by atoms with E-state index in [1.807, 2.05) is 24.3 Å². The minimum absolute atomic E-state index is 0.155. The van der Waals surface area contributed by atoms with Crippen molar-refractivity contribution in [3.05, 3.63) is 53.6 Å². The monoisotopic (exact) mass is 442 g/mol. The highest BCUT2D eigenvalue weighted by Gasteiger charge is 2.21. The van der Waals surface area contributed by atoms with Crippen LogP contribution in [-0.2, 0) is 4.74 Å². The fourth-order valence-electron chi connectivity index (χ4n) is 3.61. The van der Waals surface area contributed by atoms with Crippen LogP contribution in [0.5, 0.6) is 17.2 Å². The van der Waals surface area contributed by atoms with Gasteiger partial charge in [0.2, 0.25) is 0 Å². The minimum Gasteiger partial charge on any atom is -0.497 e. The molecule has 0 radical (unpaired) electrons. The van der Waals surface area contributed by atoms with Crippen LogP contribution in [0.3, 0.4) is 0 Å². The van der Waals surface area contributed by atoms with Crippen LogP contribution in [0.2, 0.25) is 0 Å². The molecule has 1 saturated heterocycles. The van der Waals surface area contributed by atoms with Crippen LogP contribution in [0, 0.1) is 0 Å². The molecule has 1 N–H and O–H groups in total. The maximum absolute atomic E-state index is 13.2. The third-order valence-electron chi connectivity index (χ3n) is 5.55. The van der Waals surface area contributed by atoms with Crippen LogP contribution in [0.15, 0.2) is 42.5 Å². The summed E-state index contributed by atoms with van der Waals surface area (Å²) in [4.78, 5) is 15.5. The average Bonchev–Trinajstić information content (AvgIpc) is 2.84. The molecule has 0 bridgehead atoms. The highest BCUT2D eigenvalue weighted by atomic mass is 16.5. The topological polar surface area (TPSA) is 69.3 Å². The normalized spacial score (nSPS) is 15.1. The molecule has 0 aliphatic carbocycles. The molecular formula is C25H34N2O5. The van der Waals surface area contributed by atoms with Gasteiger partial charge in [-0.25, -0.2) is 0 Å². The van der Waals surface area contributed by atoms with Gasteiger partial charge in [-0.2, -0.15) is 0 Å². The van der Waals surface area contributed by atoms with Crippen molar-refractivity contribution in [1.29, 1.82) is 0 Å². The van der Waals surface area contributed by atoms with Gasteiger partial charge in [-0.15, -0.1) is 0 Å². The van der Waals surface area contributed by atoms with E-state index < -0.39 is 0 Å². The molecular weight excluding hydrogens is 408 g/mol. The van der Waals surface area contributed by atoms with Gasteiger partial charge in [0.15, 0.2) is 11.5 Å². The fourth-order valence-corrected chi connectivity index (χ4v) is 3.61. The SMILES string of the molecule is CCCCOc1ccc(C(=O)NC(CN2CCOCC2)c2ccc(OC)cc2)cc1OC. The summed E-state index contributed by atoms with van der Waals surface area (Å²) in [6.07, 6.45) is 2.02. The average molecular weight is 443 g/mol. The zero-order valence-electron chi connectivity index (χ0n) is 19.3. The first-order valence-corrected chi connectivity index (χ1v) is 11.2. The lowest BCUT2D eigenvalue weighted by Crippen LogP contribution is -2.43. The molecule has 7 nitrogen and oxygen atoms in total. The maximum atomic E-state index is 13.2. The Morgan fingerprint density at radius 1 is 1.06 bits per heavy atom. The largest absolute Gasteiger partial charge is 0.497 e. The van der Waals surface area contributed by atoms with Crippen LogP contribution in [0.4, 0.5) is 0 Å². The first-order valence-electron chi connectivity index (χ1n) is 11.2. The number of ether oxygens (including phenoxy) is 4. The van der Waals surface area contributed by atoms with Crippen molar-refractivity contribution >= 4 is 5.91 Å². The van der Waals surface area contributed by atoms with Crippen LogP contribution < -0.4 is 19.5 Å². The van der Waals surface area contributed by atoms with Gasteiger partial charge in [0.05, 0.1) is 40.1 Å². The van der Waals surface area contributed by atoms with Gasteiger partial charge in [-0.1, -0.05) is 25.5 Å². The van der Waals surface area contributed by atoms with Gasteiger partial charge < -0.3 is 24.3 Å². The van der Waals surface area contributed by atoms with Crippen molar-refractivity contribution in [1.82, 2.24) is 10.2 Å². The van der Waals surface area contributed by atoms with Gasteiger partial charge in [0.25, 0.3) is 5.91 Å². The number of rotatable bonds is 11. The molecule has 1 heterocycles. The van der Waals surface area contributed by atoms with Crippen molar-refractivity contribution in [2.75, 3.05) is 53.7 Å². The number of morpholine rings is 1. The quantitative estimate of drug-likeness (QED) is 0.536. The number of carbonyl (C=O) groups is 1. The van der Waals surface area contributed by atoms with E-state index in [1.54, 1.807) is 32.4 Å². The summed E-state index contributed by atoms with van der Waals surface area (Å²) in [5, 5.41) is 3.20. The number of nitrogens with zero attached hydrogens (tertiary/aromatic N) is 1. The Hall–Kier alpha value is -2.77. The predicted octanol–water partition coefficient (Wildman–Crippen LogP) is 3.69. The molecule has 1 atom stereocenters. The molecule has 7 heteroatoms. The fraction of sp³-hybridized carbons (Fsp3) is 0.480. The summed E-state index contributed by atoms with van der Waals surface area (Å²) in [6.45, 7) is 6.55. The van der Waals surface area contributed by atoms with Gasteiger partial charge >= 0.3 is 0 Å². The second kappa shape index (κ2) is 12.3. The predicted molar refractivity (Wildman–Crippen MR) is 124 cm³/mol. The number of carbonyl (C=O) groups excluding carboxylic acids is 1. The zero-order valence-corrected chi connectivity index (χ0v) is 19.3. The lowest BCUT2D eigenvalue weighted by atomic mass is 10.0. The molecule has 0 spiro atoms. The number of benzene rings is 2. The van der Waals surface area contributed by atoms with Crippen LogP contribution in [-0.4, -0.2) is 64.5 Å². The molecule has 1 unspecified atom stereocenters. The van der Waals surface area contributed by atoms with E-state index in [0.29, 0.717) is 43.4 Å². The molecule has 0 aromatic heterocycles. The lowest BCUT2D eigenvalue weighted by molar-refractivity contribution is 0.0332. The van der Waals surface area contributed by atoms with Gasteiger partial charge in [-0.05, 0) is 42.3 Å². The van der Waals surface area contributed by atoms with Crippen LogP contribution in [0.1, 0.15) is 41.7 Å². The first kappa shape index (κ1) is 23.9. The Morgan fingerprint density at radius 2 is 1.81 bits per heavy atom. The van der Waals surface area contributed by atoms with Crippen LogP contribution in [0.25, 0.3) is 0 Å². The molecule has 1 fully saturated rings. The van der Waals surface area contributed by atoms with E-state index >= 15 is 0 Å². The Kier molecular flexibility index (Phi) is 9.19. The smallest absolute Gasteiger partial charge is 0.251 e. The first-order chi connectivity index (χ1) is 15.6. The number of unbranched alkanes of at least 4 members (excludes halogenated alkanes) is 1. The minimum atomic E-state index is -0.169. The van der Waals surface area contributed by atoms with Crippen molar-refractivity contribution in [3.8, 4) is 17.2 Å². The molecule has 3 rings (SSSR count). The Balaban J connectivity index is 1.75. The van der Waals surface area contributed by atoms with Gasteiger partial charge in [0.1, 0.15) is 5.75 Å². The second-order valence-corrected chi connectivity index (χ2v) is 7.78. The van der Waals surface area contributed by atoms with Crippen molar-refractivity contribution < 1.29 is 23.7 Å². The molecule has 1 amide bonds. The van der Waals surface area contributed by atoms with E-state index in [4.69, 9.17) is 18.9 Å². The molecule has 0 saturated carbocycles.